The normalized spacial score (nSPS) is 24.0. The van der Waals surface area contributed by atoms with Gasteiger partial charge in [0.25, 0.3) is 0 Å². The Morgan fingerprint density at radius 1 is 1.43 bits per heavy atom. The summed E-state index contributed by atoms with van der Waals surface area (Å²) < 4.78 is 11.4. The van der Waals surface area contributed by atoms with E-state index in [2.05, 4.69) is 38.2 Å². The van der Waals surface area contributed by atoms with E-state index in [4.69, 9.17) is 0 Å². The van der Waals surface area contributed by atoms with E-state index in [0.717, 1.165) is 11.3 Å². The number of carbonyl (C=O) groups excluding carboxylic acids is 1. The lowest BCUT2D eigenvalue weighted by molar-refractivity contribution is -0.130. The Labute approximate surface area is 133 Å². The van der Waals surface area contributed by atoms with Crippen molar-refractivity contribution in [1.82, 2.24) is 10.2 Å². The third-order valence-corrected chi connectivity index (χ3v) is 5.42. The fraction of sp³-hybridized carbons (Fsp3) is 0.667. The molecule has 6 heteroatoms. The number of rotatable bonds is 6. The highest BCUT2D eigenvalue weighted by Gasteiger charge is 2.39. The van der Waals surface area contributed by atoms with Gasteiger partial charge >= 0.3 is 0 Å². The highest BCUT2D eigenvalue weighted by molar-refractivity contribution is 7.84. The molecule has 0 aliphatic carbocycles. The minimum Gasteiger partial charge on any atom is -0.320 e. The van der Waals surface area contributed by atoms with E-state index in [9.17, 15) is 9.00 Å². The van der Waals surface area contributed by atoms with Gasteiger partial charge in [-0.05, 0) is 31.4 Å². The lowest BCUT2D eigenvalue weighted by atomic mass is 10.0. The second-order valence-corrected chi connectivity index (χ2v) is 8.88. The summed E-state index contributed by atoms with van der Waals surface area (Å²) in [5.74, 6) is 1.14. The fourth-order valence-corrected chi connectivity index (χ4v) is 4.03. The van der Waals surface area contributed by atoms with E-state index in [1.807, 2.05) is 4.90 Å². The first-order chi connectivity index (χ1) is 9.88. The number of amides is 1. The van der Waals surface area contributed by atoms with Crippen molar-refractivity contribution in [3.05, 3.63) is 21.9 Å². The Morgan fingerprint density at radius 2 is 2.14 bits per heavy atom. The van der Waals surface area contributed by atoms with Gasteiger partial charge in [-0.3, -0.25) is 14.3 Å². The summed E-state index contributed by atoms with van der Waals surface area (Å²) in [6.45, 7) is 6.87. The predicted octanol–water partition coefficient (Wildman–Crippen LogP) is 2.28. The van der Waals surface area contributed by atoms with Crippen LogP contribution in [-0.2, 0) is 15.6 Å². The molecule has 0 saturated carbocycles. The van der Waals surface area contributed by atoms with Gasteiger partial charge in [-0.15, -0.1) is 11.3 Å². The average Bonchev–Trinajstić information content (AvgIpc) is 2.92. The molecular weight excluding hydrogens is 304 g/mol. The minimum atomic E-state index is -0.883. The molecule has 1 aromatic rings. The van der Waals surface area contributed by atoms with Crippen LogP contribution in [0.2, 0.25) is 0 Å². The fourth-order valence-electron chi connectivity index (χ4n) is 2.62. The quantitative estimate of drug-likeness (QED) is 0.871. The summed E-state index contributed by atoms with van der Waals surface area (Å²) in [5.41, 5.74) is 0. The monoisotopic (exact) mass is 328 g/mol. The van der Waals surface area contributed by atoms with E-state index < -0.39 is 10.8 Å². The summed E-state index contributed by atoms with van der Waals surface area (Å²) in [7, 11) is -0.883. The van der Waals surface area contributed by atoms with Gasteiger partial charge in [-0.2, -0.15) is 0 Å². The van der Waals surface area contributed by atoms with Gasteiger partial charge in [-0.25, -0.2) is 0 Å². The van der Waals surface area contributed by atoms with Crippen LogP contribution in [0.15, 0.2) is 12.1 Å². The van der Waals surface area contributed by atoms with Crippen LogP contribution in [0.25, 0.3) is 0 Å². The smallest absolute Gasteiger partial charge is 0.241 e. The second-order valence-electron chi connectivity index (χ2n) is 6.01. The van der Waals surface area contributed by atoms with E-state index in [1.165, 1.54) is 4.88 Å². The molecule has 21 heavy (non-hydrogen) atoms. The summed E-state index contributed by atoms with van der Waals surface area (Å²) in [5, 5.41) is 3.46. The summed E-state index contributed by atoms with van der Waals surface area (Å²) in [6.07, 6.45) is 2.46. The van der Waals surface area contributed by atoms with Crippen molar-refractivity contribution in [2.24, 2.45) is 5.92 Å². The number of nitrogens with zero attached hydrogens (tertiary/aromatic N) is 1. The lowest BCUT2D eigenvalue weighted by Gasteiger charge is -2.22. The topological polar surface area (TPSA) is 49.4 Å². The van der Waals surface area contributed by atoms with Gasteiger partial charge in [0.15, 0.2) is 0 Å². The Morgan fingerprint density at radius 3 is 2.67 bits per heavy atom. The molecule has 1 amide bonds. The van der Waals surface area contributed by atoms with Crippen LogP contribution in [0.3, 0.4) is 0 Å². The maximum Gasteiger partial charge on any atom is 0.241 e. The first kappa shape index (κ1) is 16.6. The zero-order valence-corrected chi connectivity index (χ0v) is 14.7. The molecule has 3 unspecified atom stereocenters. The molecule has 0 radical (unpaired) electrons. The van der Waals surface area contributed by atoms with Gasteiger partial charge in [-0.1, -0.05) is 13.8 Å². The van der Waals surface area contributed by atoms with E-state index in [-0.39, 0.29) is 18.1 Å². The molecule has 2 heterocycles. The molecule has 1 aromatic heterocycles. The lowest BCUT2D eigenvalue weighted by Crippen LogP contribution is -2.34. The number of carbonyl (C=O) groups is 1. The highest BCUT2D eigenvalue weighted by atomic mass is 32.2. The standard InChI is InChI=1S/C15H24N2O2S2/c1-10(2)9-12-15(18)17(7-8-21(4)19)14(16-12)13-6-5-11(3)20-13/h5-6,10,12,14,16H,7-9H2,1-4H3. The van der Waals surface area contributed by atoms with E-state index in [0.29, 0.717) is 18.2 Å². The zero-order chi connectivity index (χ0) is 15.6. The number of nitrogens with one attached hydrogen (secondary N) is 1. The van der Waals surface area contributed by atoms with Crippen molar-refractivity contribution in [1.29, 1.82) is 0 Å². The SMILES string of the molecule is Cc1ccc(C2NC(CC(C)C)C(=O)N2CCS(C)=O)s1. The van der Waals surface area contributed by atoms with Crippen molar-refractivity contribution in [3.8, 4) is 0 Å². The van der Waals surface area contributed by atoms with Crippen molar-refractivity contribution >= 4 is 28.0 Å². The van der Waals surface area contributed by atoms with Gasteiger partial charge in [0.2, 0.25) is 5.91 Å². The Balaban J connectivity index is 2.18. The molecule has 1 N–H and O–H groups in total. The molecule has 1 fully saturated rings. The molecular formula is C15H24N2O2S2. The molecule has 0 aromatic carbocycles. The molecule has 4 nitrogen and oxygen atoms in total. The zero-order valence-electron chi connectivity index (χ0n) is 13.1. The van der Waals surface area contributed by atoms with Gasteiger partial charge in [0.1, 0.15) is 6.17 Å². The third-order valence-electron chi connectivity index (χ3n) is 3.61. The van der Waals surface area contributed by atoms with Crippen LogP contribution in [0, 0.1) is 12.8 Å². The van der Waals surface area contributed by atoms with Crippen LogP contribution in [0.4, 0.5) is 0 Å². The van der Waals surface area contributed by atoms with Gasteiger partial charge in [0, 0.05) is 39.1 Å². The number of aryl methyl sites for hydroxylation is 1. The summed E-state index contributed by atoms with van der Waals surface area (Å²) >= 11 is 1.71. The van der Waals surface area contributed by atoms with Crippen LogP contribution < -0.4 is 5.32 Å². The van der Waals surface area contributed by atoms with Crippen LogP contribution >= 0.6 is 11.3 Å². The average molecular weight is 329 g/mol. The molecule has 0 bridgehead atoms. The third kappa shape index (κ3) is 4.14. The number of hydrogen-bond donors (Lipinski definition) is 1. The predicted molar refractivity (Wildman–Crippen MR) is 88.8 cm³/mol. The second kappa shape index (κ2) is 7.03. The number of hydrogen-bond acceptors (Lipinski definition) is 4. The van der Waals surface area contributed by atoms with Crippen molar-refractivity contribution < 1.29 is 9.00 Å². The Hall–Kier alpha value is -0.720. The molecule has 3 atom stereocenters. The Kier molecular flexibility index (Phi) is 5.57. The molecule has 1 aliphatic heterocycles. The summed E-state index contributed by atoms with van der Waals surface area (Å²) in [4.78, 5) is 16.9. The van der Waals surface area contributed by atoms with Crippen LogP contribution in [-0.4, -0.2) is 39.6 Å². The van der Waals surface area contributed by atoms with Crippen molar-refractivity contribution in [3.63, 3.8) is 0 Å². The maximum atomic E-state index is 12.6. The van der Waals surface area contributed by atoms with Crippen LogP contribution in [0.5, 0.6) is 0 Å². The molecule has 2 rings (SSSR count). The largest absolute Gasteiger partial charge is 0.320 e. The summed E-state index contributed by atoms with van der Waals surface area (Å²) in [6, 6.07) is 4.04. The molecule has 0 spiro atoms. The maximum absolute atomic E-state index is 12.6. The Bertz CT molecular complexity index is 527. The van der Waals surface area contributed by atoms with Gasteiger partial charge < -0.3 is 4.90 Å². The van der Waals surface area contributed by atoms with E-state index >= 15 is 0 Å². The minimum absolute atomic E-state index is 0.0662. The highest BCUT2D eigenvalue weighted by Crippen LogP contribution is 2.31. The van der Waals surface area contributed by atoms with Crippen molar-refractivity contribution in [2.45, 2.75) is 39.4 Å². The molecule has 1 saturated heterocycles. The molecule has 118 valence electrons. The van der Waals surface area contributed by atoms with Crippen molar-refractivity contribution in [2.75, 3.05) is 18.6 Å². The van der Waals surface area contributed by atoms with Gasteiger partial charge in [0.05, 0.1) is 6.04 Å². The van der Waals surface area contributed by atoms with Crippen LogP contribution in [0.1, 0.15) is 36.2 Å². The van der Waals surface area contributed by atoms with E-state index in [1.54, 1.807) is 17.6 Å². The molecule has 1 aliphatic rings. The number of thiophene rings is 1. The first-order valence-corrected chi connectivity index (χ1v) is 9.85. The first-order valence-electron chi connectivity index (χ1n) is 7.31.